The summed E-state index contributed by atoms with van der Waals surface area (Å²) in [5.41, 5.74) is 1.49. The van der Waals surface area contributed by atoms with Crippen LogP contribution in [-0.2, 0) is 4.74 Å². The van der Waals surface area contributed by atoms with E-state index in [1.54, 1.807) is 6.07 Å². The second-order valence-corrected chi connectivity index (χ2v) is 4.77. The monoisotopic (exact) mass is 288 g/mol. The molecular formula is C16H20N2O3. The first-order valence-corrected chi connectivity index (χ1v) is 7.17. The highest BCUT2D eigenvalue weighted by molar-refractivity contribution is 5.97. The van der Waals surface area contributed by atoms with E-state index < -0.39 is 5.97 Å². The predicted octanol–water partition coefficient (Wildman–Crippen LogP) is 3.16. The summed E-state index contributed by atoms with van der Waals surface area (Å²) < 4.78 is 5.49. The van der Waals surface area contributed by atoms with Gasteiger partial charge in [-0.1, -0.05) is 31.5 Å². The highest BCUT2D eigenvalue weighted by Crippen LogP contribution is 2.22. The van der Waals surface area contributed by atoms with E-state index in [4.69, 9.17) is 9.84 Å². The van der Waals surface area contributed by atoms with Crippen molar-refractivity contribution in [2.24, 2.45) is 0 Å². The third-order valence-corrected chi connectivity index (χ3v) is 3.14. The molecule has 0 aliphatic rings. The number of rotatable bonds is 8. The first kappa shape index (κ1) is 15.3. The quantitative estimate of drug-likeness (QED) is 0.730. The number of nitrogens with zero attached hydrogens (tertiary/aromatic N) is 1. The molecule has 1 heterocycles. The van der Waals surface area contributed by atoms with Crippen molar-refractivity contribution in [2.45, 2.75) is 19.8 Å². The van der Waals surface area contributed by atoms with Gasteiger partial charge in [0.2, 0.25) is 0 Å². The maximum Gasteiger partial charge on any atom is 0.354 e. The van der Waals surface area contributed by atoms with Gasteiger partial charge in [-0.3, -0.25) is 0 Å². The molecule has 2 N–H and O–H groups in total. The summed E-state index contributed by atoms with van der Waals surface area (Å²) in [4.78, 5) is 15.3. The molecule has 1 aromatic carbocycles. The van der Waals surface area contributed by atoms with E-state index in [1.807, 2.05) is 24.3 Å². The number of anilines is 1. The third kappa shape index (κ3) is 4.16. The van der Waals surface area contributed by atoms with Crippen molar-refractivity contribution in [3.05, 3.63) is 36.0 Å². The molecule has 5 heteroatoms. The molecule has 21 heavy (non-hydrogen) atoms. The van der Waals surface area contributed by atoms with Gasteiger partial charge in [-0.25, -0.2) is 9.78 Å². The molecule has 0 saturated heterocycles. The molecule has 2 rings (SSSR count). The van der Waals surface area contributed by atoms with Gasteiger partial charge in [0.25, 0.3) is 0 Å². The fraction of sp³-hybridized carbons (Fsp3) is 0.375. The highest BCUT2D eigenvalue weighted by atomic mass is 16.5. The van der Waals surface area contributed by atoms with Crippen molar-refractivity contribution in [2.75, 3.05) is 25.1 Å². The van der Waals surface area contributed by atoms with Gasteiger partial charge in [-0.2, -0.15) is 0 Å². The molecular weight excluding hydrogens is 268 g/mol. The molecule has 0 aliphatic heterocycles. The Morgan fingerprint density at radius 3 is 2.90 bits per heavy atom. The van der Waals surface area contributed by atoms with Gasteiger partial charge in [0.15, 0.2) is 5.69 Å². The van der Waals surface area contributed by atoms with Gasteiger partial charge in [-0.15, -0.1) is 0 Å². The van der Waals surface area contributed by atoms with Crippen LogP contribution >= 0.6 is 0 Å². The van der Waals surface area contributed by atoms with Crippen molar-refractivity contribution < 1.29 is 14.6 Å². The van der Waals surface area contributed by atoms with Gasteiger partial charge in [0, 0.05) is 24.2 Å². The second-order valence-electron chi connectivity index (χ2n) is 4.77. The highest BCUT2D eigenvalue weighted by Gasteiger charge is 2.10. The fourth-order valence-electron chi connectivity index (χ4n) is 2.04. The van der Waals surface area contributed by atoms with Crippen LogP contribution in [0.15, 0.2) is 30.3 Å². The lowest BCUT2D eigenvalue weighted by molar-refractivity contribution is 0.0691. The number of fused-ring (bicyclic) bond motifs is 1. The summed E-state index contributed by atoms with van der Waals surface area (Å²) in [6.45, 7) is 4.11. The SMILES string of the molecule is CCCCOCCNc1cc(C(=O)O)nc2ccccc12. The maximum atomic E-state index is 11.1. The minimum Gasteiger partial charge on any atom is -0.477 e. The molecule has 2 aromatic rings. The Hall–Kier alpha value is -2.14. The van der Waals surface area contributed by atoms with Crippen molar-refractivity contribution >= 4 is 22.6 Å². The zero-order chi connectivity index (χ0) is 15.1. The van der Waals surface area contributed by atoms with Crippen LogP contribution in [-0.4, -0.2) is 35.8 Å². The van der Waals surface area contributed by atoms with Gasteiger partial charge in [0.1, 0.15) is 0 Å². The lowest BCUT2D eigenvalue weighted by atomic mass is 10.1. The van der Waals surface area contributed by atoms with Crippen LogP contribution in [0.4, 0.5) is 5.69 Å². The van der Waals surface area contributed by atoms with E-state index in [9.17, 15) is 4.79 Å². The number of hydrogen-bond donors (Lipinski definition) is 2. The number of hydrogen-bond acceptors (Lipinski definition) is 4. The van der Waals surface area contributed by atoms with E-state index in [-0.39, 0.29) is 5.69 Å². The summed E-state index contributed by atoms with van der Waals surface area (Å²) in [6.07, 6.45) is 2.17. The number of pyridine rings is 1. The Morgan fingerprint density at radius 1 is 1.33 bits per heavy atom. The molecule has 0 aliphatic carbocycles. The summed E-state index contributed by atoms with van der Waals surface area (Å²) in [5.74, 6) is -1.03. The summed E-state index contributed by atoms with van der Waals surface area (Å²) in [7, 11) is 0. The van der Waals surface area contributed by atoms with Crippen molar-refractivity contribution in [3.8, 4) is 0 Å². The molecule has 112 valence electrons. The number of para-hydroxylation sites is 1. The Kier molecular flexibility index (Phi) is 5.51. The van der Waals surface area contributed by atoms with Crippen LogP contribution < -0.4 is 5.32 Å². The van der Waals surface area contributed by atoms with Gasteiger partial charge < -0.3 is 15.2 Å². The molecule has 0 unspecified atom stereocenters. The number of carboxylic acids is 1. The molecule has 0 bridgehead atoms. The van der Waals surface area contributed by atoms with Gasteiger partial charge >= 0.3 is 5.97 Å². The standard InChI is InChI=1S/C16H20N2O3/c1-2-3-9-21-10-8-17-14-11-15(16(19)20)18-13-7-5-4-6-12(13)14/h4-7,11H,2-3,8-10H2,1H3,(H,17,18)(H,19,20). The lowest BCUT2D eigenvalue weighted by Crippen LogP contribution is -2.11. The van der Waals surface area contributed by atoms with E-state index >= 15 is 0 Å². The average Bonchev–Trinajstić information content (AvgIpc) is 2.50. The van der Waals surface area contributed by atoms with Crippen LogP contribution in [0.2, 0.25) is 0 Å². The van der Waals surface area contributed by atoms with Crippen LogP contribution in [0.25, 0.3) is 10.9 Å². The maximum absolute atomic E-state index is 11.1. The molecule has 0 spiro atoms. The van der Waals surface area contributed by atoms with E-state index in [1.165, 1.54) is 0 Å². The normalized spacial score (nSPS) is 10.7. The third-order valence-electron chi connectivity index (χ3n) is 3.14. The van der Waals surface area contributed by atoms with Crippen LogP contribution in [0.1, 0.15) is 30.3 Å². The number of aromatic carboxylic acids is 1. The number of carbonyl (C=O) groups is 1. The molecule has 0 fully saturated rings. The molecule has 0 amide bonds. The first-order chi connectivity index (χ1) is 10.2. The van der Waals surface area contributed by atoms with E-state index in [0.717, 1.165) is 30.5 Å². The number of unbranched alkanes of at least 4 members (excludes halogenated alkanes) is 1. The predicted molar refractivity (Wildman–Crippen MR) is 82.9 cm³/mol. The topological polar surface area (TPSA) is 71.5 Å². The minimum absolute atomic E-state index is 0.0445. The molecule has 5 nitrogen and oxygen atoms in total. The van der Waals surface area contributed by atoms with Gasteiger partial charge in [0.05, 0.1) is 12.1 Å². The minimum atomic E-state index is -1.03. The number of nitrogens with one attached hydrogen (secondary N) is 1. The Morgan fingerprint density at radius 2 is 2.14 bits per heavy atom. The van der Waals surface area contributed by atoms with Crippen LogP contribution in [0, 0.1) is 0 Å². The zero-order valence-corrected chi connectivity index (χ0v) is 12.1. The zero-order valence-electron chi connectivity index (χ0n) is 12.1. The Labute approximate surface area is 124 Å². The number of aromatic nitrogens is 1. The van der Waals surface area contributed by atoms with Crippen molar-refractivity contribution in [1.82, 2.24) is 4.98 Å². The Balaban J connectivity index is 2.08. The molecule has 1 aromatic heterocycles. The second kappa shape index (κ2) is 7.59. The number of carboxylic acid groups (broad SMARTS) is 1. The summed E-state index contributed by atoms with van der Waals surface area (Å²) in [5, 5.41) is 13.3. The van der Waals surface area contributed by atoms with Crippen molar-refractivity contribution in [3.63, 3.8) is 0 Å². The average molecular weight is 288 g/mol. The van der Waals surface area contributed by atoms with Crippen molar-refractivity contribution in [1.29, 1.82) is 0 Å². The fourth-order valence-corrected chi connectivity index (χ4v) is 2.04. The molecule has 0 radical (unpaired) electrons. The lowest BCUT2D eigenvalue weighted by Gasteiger charge is -2.11. The number of ether oxygens (including phenoxy) is 1. The van der Waals surface area contributed by atoms with Crippen LogP contribution in [0.3, 0.4) is 0 Å². The number of benzene rings is 1. The smallest absolute Gasteiger partial charge is 0.354 e. The van der Waals surface area contributed by atoms with Crippen LogP contribution in [0.5, 0.6) is 0 Å². The largest absolute Gasteiger partial charge is 0.477 e. The van der Waals surface area contributed by atoms with E-state index in [0.29, 0.717) is 18.7 Å². The van der Waals surface area contributed by atoms with Gasteiger partial charge in [-0.05, 0) is 18.6 Å². The molecule has 0 saturated carbocycles. The summed E-state index contributed by atoms with van der Waals surface area (Å²) in [6, 6.07) is 9.06. The van der Waals surface area contributed by atoms with E-state index in [2.05, 4.69) is 17.2 Å². The first-order valence-electron chi connectivity index (χ1n) is 7.17. The summed E-state index contributed by atoms with van der Waals surface area (Å²) >= 11 is 0. The molecule has 0 atom stereocenters. The Bertz CT molecular complexity index is 613.